The van der Waals surface area contributed by atoms with Crippen LogP contribution in [0.4, 0.5) is 0 Å². The lowest BCUT2D eigenvalue weighted by Crippen LogP contribution is -2.36. The van der Waals surface area contributed by atoms with Crippen molar-refractivity contribution >= 4 is 11.6 Å². The average Bonchev–Trinajstić information content (AvgIpc) is 2.48. The lowest BCUT2D eigenvalue weighted by atomic mass is 9.97. The average molecular weight is 297 g/mol. The van der Waals surface area contributed by atoms with Gasteiger partial charge in [-0.1, -0.05) is 18.5 Å². The monoisotopic (exact) mass is 296 g/mol. The Morgan fingerprint density at radius 1 is 1.35 bits per heavy atom. The highest BCUT2D eigenvalue weighted by molar-refractivity contribution is 6.30. The van der Waals surface area contributed by atoms with Crippen LogP contribution < -0.4 is 10.1 Å². The van der Waals surface area contributed by atoms with Gasteiger partial charge in [0.2, 0.25) is 0 Å². The van der Waals surface area contributed by atoms with Gasteiger partial charge in [-0.15, -0.1) is 0 Å². The fraction of sp³-hybridized carbons (Fsp3) is 0.625. The number of halogens is 1. The molecule has 0 amide bonds. The molecular weight excluding hydrogens is 272 g/mol. The Morgan fingerprint density at radius 2 is 2.10 bits per heavy atom. The summed E-state index contributed by atoms with van der Waals surface area (Å²) < 4.78 is 5.37. The minimum atomic E-state index is 0.763. The molecule has 4 heteroatoms. The van der Waals surface area contributed by atoms with Crippen molar-refractivity contribution in [3.63, 3.8) is 0 Å². The molecule has 0 aromatic heterocycles. The number of piperidine rings is 1. The van der Waals surface area contributed by atoms with Crippen molar-refractivity contribution in [1.82, 2.24) is 10.2 Å². The van der Waals surface area contributed by atoms with Gasteiger partial charge in [-0.2, -0.15) is 0 Å². The molecule has 0 radical (unpaired) electrons. The summed E-state index contributed by atoms with van der Waals surface area (Å²) in [7, 11) is 1.70. The Balaban J connectivity index is 1.77. The molecular formula is C16H25ClN2O. The van der Waals surface area contributed by atoms with Gasteiger partial charge >= 0.3 is 0 Å². The van der Waals surface area contributed by atoms with Gasteiger partial charge in [-0.3, -0.25) is 0 Å². The van der Waals surface area contributed by atoms with E-state index in [4.69, 9.17) is 16.3 Å². The molecule has 0 bridgehead atoms. The first kappa shape index (κ1) is 15.6. The molecule has 1 heterocycles. The SMILES string of the molecule is CCN1CCC(CNCc2cc(Cl)ccc2OC)CC1. The second-order valence-corrected chi connectivity index (χ2v) is 5.90. The van der Waals surface area contributed by atoms with Crippen molar-refractivity contribution in [2.75, 3.05) is 33.3 Å². The summed E-state index contributed by atoms with van der Waals surface area (Å²) in [6, 6.07) is 5.77. The molecule has 1 aliphatic heterocycles. The van der Waals surface area contributed by atoms with E-state index in [1.165, 1.54) is 32.5 Å². The van der Waals surface area contributed by atoms with Crippen LogP contribution in [0.1, 0.15) is 25.3 Å². The predicted octanol–water partition coefficient (Wildman–Crippen LogP) is 3.17. The highest BCUT2D eigenvalue weighted by Gasteiger charge is 2.17. The number of hydrogen-bond acceptors (Lipinski definition) is 3. The van der Waals surface area contributed by atoms with Crippen LogP contribution in [0.2, 0.25) is 5.02 Å². The summed E-state index contributed by atoms with van der Waals surface area (Å²) in [5, 5.41) is 4.31. The summed E-state index contributed by atoms with van der Waals surface area (Å²) in [6.07, 6.45) is 2.60. The molecule has 1 aromatic rings. The third-order valence-electron chi connectivity index (χ3n) is 4.15. The number of likely N-dealkylation sites (tertiary alicyclic amines) is 1. The largest absolute Gasteiger partial charge is 0.496 e. The van der Waals surface area contributed by atoms with Crippen molar-refractivity contribution in [2.45, 2.75) is 26.3 Å². The lowest BCUT2D eigenvalue weighted by molar-refractivity contribution is 0.190. The molecule has 112 valence electrons. The maximum atomic E-state index is 6.04. The number of hydrogen-bond donors (Lipinski definition) is 1. The van der Waals surface area contributed by atoms with Crippen LogP contribution in [0.5, 0.6) is 5.75 Å². The van der Waals surface area contributed by atoms with E-state index in [0.29, 0.717) is 0 Å². The number of methoxy groups -OCH3 is 1. The van der Waals surface area contributed by atoms with Crippen LogP contribution in [0.25, 0.3) is 0 Å². The van der Waals surface area contributed by atoms with E-state index < -0.39 is 0 Å². The molecule has 1 N–H and O–H groups in total. The molecule has 1 aliphatic rings. The second-order valence-electron chi connectivity index (χ2n) is 5.46. The van der Waals surface area contributed by atoms with E-state index in [0.717, 1.165) is 35.3 Å². The fourth-order valence-corrected chi connectivity index (χ4v) is 3.00. The van der Waals surface area contributed by atoms with E-state index in [1.54, 1.807) is 7.11 Å². The summed E-state index contributed by atoms with van der Waals surface area (Å²) in [4.78, 5) is 2.52. The second kappa shape index (κ2) is 7.87. The Morgan fingerprint density at radius 3 is 2.75 bits per heavy atom. The molecule has 0 atom stereocenters. The number of nitrogens with zero attached hydrogens (tertiary/aromatic N) is 1. The van der Waals surface area contributed by atoms with Crippen LogP contribution in [0, 0.1) is 5.92 Å². The molecule has 0 saturated carbocycles. The van der Waals surface area contributed by atoms with Gasteiger partial charge in [0, 0.05) is 17.1 Å². The lowest BCUT2D eigenvalue weighted by Gasteiger charge is -2.31. The van der Waals surface area contributed by atoms with E-state index in [-0.39, 0.29) is 0 Å². The van der Waals surface area contributed by atoms with E-state index in [9.17, 15) is 0 Å². The van der Waals surface area contributed by atoms with Crippen LogP contribution in [0.3, 0.4) is 0 Å². The topological polar surface area (TPSA) is 24.5 Å². The Hall–Kier alpha value is -0.770. The fourth-order valence-electron chi connectivity index (χ4n) is 2.80. The van der Waals surface area contributed by atoms with Crippen LogP contribution in [-0.4, -0.2) is 38.2 Å². The molecule has 2 rings (SSSR count). The van der Waals surface area contributed by atoms with Gasteiger partial charge in [0.05, 0.1) is 7.11 Å². The quantitative estimate of drug-likeness (QED) is 0.873. The zero-order valence-corrected chi connectivity index (χ0v) is 13.2. The smallest absolute Gasteiger partial charge is 0.123 e. The Labute approximate surface area is 127 Å². The zero-order chi connectivity index (χ0) is 14.4. The first-order valence-electron chi connectivity index (χ1n) is 7.48. The minimum Gasteiger partial charge on any atom is -0.496 e. The normalized spacial score (nSPS) is 17.4. The number of nitrogens with one attached hydrogen (secondary N) is 1. The predicted molar refractivity (Wildman–Crippen MR) is 84.5 cm³/mol. The van der Waals surface area contributed by atoms with E-state index in [1.807, 2.05) is 18.2 Å². The van der Waals surface area contributed by atoms with Crippen molar-refractivity contribution in [2.24, 2.45) is 5.92 Å². The Bertz CT molecular complexity index is 417. The molecule has 0 unspecified atom stereocenters. The van der Waals surface area contributed by atoms with Crippen molar-refractivity contribution in [3.8, 4) is 5.75 Å². The van der Waals surface area contributed by atoms with Crippen LogP contribution in [-0.2, 0) is 6.54 Å². The summed E-state index contributed by atoms with van der Waals surface area (Å²) in [5.41, 5.74) is 1.13. The zero-order valence-electron chi connectivity index (χ0n) is 12.5. The van der Waals surface area contributed by atoms with Gasteiger partial charge in [-0.05, 0) is 63.1 Å². The summed E-state index contributed by atoms with van der Waals surface area (Å²) in [6.45, 7) is 7.79. The summed E-state index contributed by atoms with van der Waals surface area (Å²) >= 11 is 6.04. The van der Waals surface area contributed by atoms with E-state index in [2.05, 4.69) is 17.1 Å². The van der Waals surface area contributed by atoms with Gasteiger partial charge in [-0.25, -0.2) is 0 Å². The molecule has 1 aromatic carbocycles. The standard InChI is InChI=1S/C16H25ClN2O/c1-3-19-8-6-13(7-9-19)11-18-12-14-10-15(17)4-5-16(14)20-2/h4-5,10,13,18H,3,6-9,11-12H2,1-2H3. The molecule has 3 nitrogen and oxygen atoms in total. The number of benzene rings is 1. The van der Waals surface area contributed by atoms with E-state index >= 15 is 0 Å². The molecule has 1 fully saturated rings. The molecule has 20 heavy (non-hydrogen) atoms. The van der Waals surface area contributed by atoms with Crippen molar-refractivity contribution in [3.05, 3.63) is 28.8 Å². The maximum Gasteiger partial charge on any atom is 0.123 e. The van der Waals surface area contributed by atoms with Crippen molar-refractivity contribution < 1.29 is 4.74 Å². The van der Waals surface area contributed by atoms with Gasteiger partial charge in [0.15, 0.2) is 0 Å². The number of ether oxygens (including phenoxy) is 1. The maximum absolute atomic E-state index is 6.04. The van der Waals surface area contributed by atoms with Gasteiger partial charge in [0.1, 0.15) is 5.75 Å². The van der Waals surface area contributed by atoms with Gasteiger partial charge in [0.25, 0.3) is 0 Å². The van der Waals surface area contributed by atoms with Crippen molar-refractivity contribution in [1.29, 1.82) is 0 Å². The first-order valence-corrected chi connectivity index (χ1v) is 7.86. The molecule has 1 saturated heterocycles. The molecule has 0 spiro atoms. The summed E-state index contributed by atoms with van der Waals surface area (Å²) in [5.74, 6) is 1.70. The highest BCUT2D eigenvalue weighted by Crippen LogP contribution is 2.23. The number of rotatable bonds is 6. The van der Waals surface area contributed by atoms with Gasteiger partial charge < -0.3 is 15.0 Å². The van der Waals surface area contributed by atoms with Crippen LogP contribution in [0.15, 0.2) is 18.2 Å². The molecule has 0 aliphatic carbocycles. The highest BCUT2D eigenvalue weighted by atomic mass is 35.5. The van der Waals surface area contributed by atoms with Crippen LogP contribution >= 0.6 is 11.6 Å². The third kappa shape index (κ3) is 4.37. The Kier molecular flexibility index (Phi) is 6.14. The minimum absolute atomic E-state index is 0.763. The third-order valence-corrected chi connectivity index (χ3v) is 4.38. The first-order chi connectivity index (χ1) is 9.72.